The van der Waals surface area contributed by atoms with Crippen molar-refractivity contribution < 1.29 is 13.2 Å². The summed E-state index contributed by atoms with van der Waals surface area (Å²) in [5, 5.41) is 5.20. The van der Waals surface area contributed by atoms with Gasteiger partial charge in [0.1, 0.15) is 5.75 Å². The fraction of sp³-hybridized carbons (Fsp3) is 0.368. The smallest absolute Gasteiger partial charge is 0.238 e. The van der Waals surface area contributed by atoms with E-state index in [1.165, 1.54) is 11.1 Å². The molecule has 0 aliphatic carbocycles. The summed E-state index contributed by atoms with van der Waals surface area (Å²) in [7, 11) is -3.64. The van der Waals surface area contributed by atoms with Crippen LogP contribution >= 0.6 is 0 Å². The van der Waals surface area contributed by atoms with Crippen LogP contribution in [0.5, 0.6) is 5.75 Å². The molecule has 0 spiro atoms. The van der Waals surface area contributed by atoms with E-state index < -0.39 is 10.0 Å². The molecule has 2 aromatic rings. The Bertz CT molecular complexity index is 878. The number of ether oxygens (including phenoxy) is 1. The highest BCUT2D eigenvalue weighted by atomic mass is 32.2. The first-order valence-electron chi connectivity index (χ1n) is 8.45. The van der Waals surface area contributed by atoms with Crippen molar-refractivity contribution in [2.24, 2.45) is 5.14 Å². The zero-order valence-electron chi connectivity index (χ0n) is 14.7. The molecule has 1 heterocycles. The zero-order chi connectivity index (χ0) is 18.0. The number of hydrogen-bond acceptors (Lipinski definition) is 4. The van der Waals surface area contributed by atoms with Crippen LogP contribution in [0.3, 0.4) is 0 Å². The average Bonchev–Trinajstić information content (AvgIpc) is 2.96. The number of nitrogens with two attached hydrogens (primary N) is 1. The van der Waals surface area contributed by atoms with Gasteiger partial charge < -0.3 is 9.64 Å². The van der Waals surface area contributed by atoms with Crippen molar-refractivity contribution in [3.05, 3.63) is 53.1 Å². The van der Waals surface area contributed by atoms with Crippen LogP contribution in [0.15, 0.2) is 41.3 Å². The molecule has 0 aromatic heterocycles. The molecule has 6 heteroatoms. The Labute approximate surface area is 149 Å². The van der Waals surface area contributed by atoms with E-state index in [1.807, 2.05) is 12.1 Å². The van der Waals surface area contributed by atoms with Crippen molar-refractivity contribution in [3.8, 4) is 5.75 Å². The molecule has 0 unspecified atom stereocenters. The van der Waals surface area contributed by atoms with Crippen LogP contribution in [0, 0.1) is 13.8 Å². The van der Waals surface area contributed by atoms with E-state index in [9.17, 15) is 8.42 Å². The summed E-state index contributed by atoms with van der Waals surface area (Å²) in [5.74, 6) is 0.905. The number of fused-ring (bicyclic) bond motifs is 1. The van der Waals surface area contributed by atoms with Gasteiger partial charge >= 0.3 is 0 Å². The van der Waals surface area contributed by atoms with E-state index in [0.717, 1.165) is 42.9 Å². The molecule has 0 radical (unpaired) electrons. The third-order valence-electron chi connectivity index (χ3n) is 4.69. The standard InChI is InChI=1S/C19H24N2O3S/c1-14-4-5-17(12-15(14)2)24-11-3-9-21-10-8-16-13-18(25(20,22)23)6-7-19(16)21/h4-7,12-13H,3,8-11H2,1-2H3,(H2,20,22,23). The molecule has 0 fully saturated rings. The first-order valence-corrected chi connectivity index (χ1v) is 10.00. The van der Waals surface area contributed by atoms with Crippen LogP contribution in [-0.4, -0.2) is 28.1 Å². The molecule has 3 rings (SSSR count). The Hall–Kier alpha value is -2.05. The molecule has 1 aliphatic heterocycles. The fourth-order valence-corrected chi connectivity index (χ4v) is 3.67. The first-order chi connectivity index (χ1) is 11.8. The van der Waals surface area contributed by atoms with Gasteiger partial charge in [-0.2, -0.15) is 0 Å². The third-order valence-corrected chi connectivity index (χ3v) is 5.60. The number of rotatable bonds is 6. The lowest BCUT2D eigenvalue weighted by atomic mass is 10.1. The predicted molar refractivity (Wildman–Crippen MR) is 99.8 cm³/mol. The second-order valence-corrected chi connectivity index (χ2v) is 8.08. The van der Waals surface area contributed by atoms with Gasteiger partial charge in [0.25, 0.3) is 0 Å². The van der Waals surface area contributed by atoms with E-state index in [2.05, 4.69) is 30.9 Å². The van der Waals surface area contributed by atoms with Gasteiger partial charge in [0.2, 0.25) is 10.0 Å². The lowest BCUT2D eigenvalue weighted by molar-refractivity contribution is 0.312. The fourth-order valence-electron chi connectivity index (χ4n) is 3.10. The summed E-state index contributed by atoms with van der Waals surface area (Å²) in [5.41, 5.74) is 4.64. The highest BCUT2D eigenvalue weighted by Crippen LogP contribution is 2.30. The molecule has 134 valence electrons. The third kappa shape index (κ3) is 4.14. The van der Waals surface area contributed by atoms with Gasteiger partial charge in [-0.25, -0.2) is 13.6 Å². The number of nitrogens with zero attached hydrogens (tertiary/aromatic N) is 1. The molecule has 0 saturated heterocycles. The number of hydrogen-bond donors (Lipinski definition) is 1. The maximum Gasteiger partial charge on any atom is 0.238 e. The molecular formula is C19H24N2O3S. The number of anilines is 1. The molecule has 1 aliphatic rings. The summed E-state index contributed by atoms with van der Waals surface area (Å²) in [4.78, 5) is 2.46. The Morgan fingerprint density at radius 3 is 2.64 bits per heavy atom. The molecule has 2 N–H and O–H groups in total. The molecule has 0 bridgehead atoms. The Morgan fingerprint density at radius 1 is 1.12 bits per heavy atom. The van der Waals surface area contributed by atoms with Crippen molar-refractivity contribution in [3.63, 3.8) is 0 Å². The minimum Gasteiger partial charge on any atom is -0.494 e. The van der Waals surface area contributed by atoms with Crippen molar-refractivity contribution in [1.82, 2.24) is 0 Å². The zero-order valence-corrected chi connectivity index (χ0v) is 15.5. The topological polar surface area (TPSA) is 72.6 Å². The number of sulfonamides is 1. The Morgan fingerprint density at radius 2 is 1.92 bits per heavy atom. The lowest BCUT2D eigenvalue weighted by Gasteiger charge is -2.19. The number of primary sulfonamides is 1. The maximum absolute atomic E-state index is 11.5. The van der Waals surface area contributed by atoms with Gasteiger partial charge in [0.15, 0.2) is 0 Å². The molecule has 0 atom stereocenters. The van der Waals surface area contributed by atoms with E-state index in [1.54, 1.807) is 12.1 Å². The van der Waals surface area contributed by atoms with Crippen LogP contribution in [-0.2, 0) is 16.4 Å². The predicted octanol–water partition coefficient (Wildman–Crippen LogP) is 2.78. The Kier molecular flexibility index (Phi) is 5.01. The van der Waals surface area contributed by atoms with Gasteiger partial charge in [0, 0.05) is 18.8 Å². The van der Waals surface area contributed by atoms with E-state index >= 15 is 0 Å². The second-order valence-electron chi connectivity index (χ2n) is 6.52. The van der Waals surface area contributed by atoms with Crippen LogP contribution in [0.1, 0.15) is 23.1 Å². The lowest BCUT2D eigenvalue weighted by Crippen LogP contribution is -2.23. The summed E-state index contributed by atoms with van der Waals surface area (Å²) in [6.45, 7) is 6.60. The summed E-state index contributed by atoms with van der Waals surface area (Å²) >= 11 is 0. The first kappa shape index (κ1) is 17.8. The monoisotopic (exact) mass is 360 g/mol. The van der Waals surface area contributed by atoms with Crippen molar-refractivity contribution in [2.75, 3.05) is 24.6 Å². The van der Waals surface area contributed by atoms with Crippen LogP contribution < -0.4 is 14.8 Å². The number of aryl methyl sites for hydroxylation is 2. The largest absolute Gasteiger partial charge is 0.494 e. The molecule has 0 amide bonds. The second kappa shape index (κ2) is 7.06. The van der Waals surface area contributed by atoms with Crippen LogP contribution in [0.2, 0.25) is 0 Å². The summed E-state index contributed by atoms with van der Waals surface area (Å²) in [6.07, 6.45) is 1.75. The van der Waals surface area contributed by atoms with Gasteiger partial charge in [-0.15, -0.1) is 0 Å². The minimum absolute atomic E-state index is 0.186. The average molecular weight is 360 g/mol. The SMILES string of the molecule is Cc1ccc(OCCCN2CCc3cc(S(N)(=O)=O)ccc32)cc1C. The van der Waals surface area contributed by atoms with Gasteiger partial charge in [-0.05, 0) is 73.7 Å². The maximum atomic E-state index is 11.5. The van der Waals surface area contributed by atoms with Crippen molar-refractivity contribution in [1.29, 1.82) is 0 Å². The highest BCUT2D eigenvalue weighted by molar-refractivity contribution is 7.89. The summed E-state index contributed by atoms with van der Waals surface area (Å²) < 4.78 is 28.7. The quantitative estimate of drug-likeness (QED) is 0.804. The Balaban J connectivity index is 1.55. The normalized spacial score (nSPS) is 13.8. The van der Waals surface area contributed by atoms with Crippen LogP contribution in [0.25, 0.3) is 0 Å². The molecule has 2 aromatic carbocycles. The van der Waals surface area contributed by atoms with Crippen molar-refractivity contribution in [2.45, 2.75) is 31.6 Å². The van der Waals surface area contributed by atoms with Gasteiger partial charge in [-0.3, -0.25) is 0 Å². The molecule has 5 nitrogen and oxygen atoms in total. The molecule has 0 saturated carbocycles. The van der Waals surface area contributed by atoms with E-state index in [-0.39, 0.29) is 4.90 Å². The minimum atomic E-state index is -3.64. The van der Waals surface area contributed by atoms with Crippen LogP contribution in [0.4, 0.5) is 5.69 Å². The molecule has 25 heavy (non-hydrogen) atoms. The molecular weight excluding hydrogens is 336 g/mol. The van der Waals surface area contributed by atoms with Gasteiger partial charge in [-0.1, -0.05) is 6.07 Å². The van der Waals surface area contributed by atoms with Crippen molar-refractivity contribution >= 4 is 15.7 Å². The van der Waals surface area contributed by atoms with Gasteiger partial charge in [0.05, 0.1) is 11.5 Å². The van der Waals surface area contributed by atoms with E-state index in [4.69, 9.17) is 9.88 Å². The van der Waals surface area contributed by atoms with E-state index in [0.29, 0.717) is 6.61 Å². The highest BCUT2D eigenvalue weighted by Gasteiger charge is 2.21. The number of benzene rings is 2. The summed E-state index contributed by atoms with van der Waals surface area (Å²) in [6, 6.07) is 11.3.